The molecule has 0 amide bonds. The van der Waals surface area contributed by atoms with Gasteiger partial charge in [-0.25, -0.2) is 4.98 Å². The van der Waals surface area contributed by atoms with Gasteiger partial charge in [-0.3, -0.25) is 0 Å². The van der Waals surface area contributed by atoms with E-state index in [9.17, 15) is 0 Å². The summed E-state index contributed by atoms with van der Waals surface area (Å²) in [5.74, 6) is 0. The lowest BCUT2D eigenvalue weighted by Crippen LogP contribution is -2.16. The van der Waals surface area contributed by atoms with Crippen molar-refractivity contribution < 1.29 is 0 Å². The maximum absolute atomic E-state index is 4.23. The van der Waals surface area contributed by atoms with Crippen LogP contribution in [0.25, 0.3) is 0 Å². The van der Waals surface area contributed by atoms with E-state index in [4.69, 9.17) is 0 Å². The van der Waals surface area contributed by atoms with E-state index in [-0.39, 0.29) is 0 Å². The third-order valence-corrected chi connectivity index (χ3v) is 3.85. The highest BCUT2D eigenvalue weighted by atomic mass is 32.1. The van der Waals surface area contributed by atoms with Crippen LogP contribution in [0.1, 0.15) is 22.9 Å². The second-order valence-electron chi connectivity index (χ2n) is 3.04. The second kappa shape index (κ2) is 4.68. The first-order chi connectivity index (χ1) is 6.86. The molecule has 0 aliphatic carbocycles. The fourth-order valence-electron chi connectivity index (χ4n) is 1.22. The number of thiazole rings is 1. The van der Waals surface area contributed by atoms with Crippen LogP contribution >= 0.6 is 22.7 Å². The van der Waals surface area contributed by atoms with Crippen LogP contribution in [0.2, 0.25) is 0 Å². The summed E-state index contributed by atoms with van der Waals surface area (Å²) in [6.45, 7) is 3.04. The van der Waals surface area contributed by atoms with E-state index in [0.29, 0.717) is 6.04 Å². The first-order valence-electron chi connectivity index (χ1n) is 4.51. The van der Waals surface area contributed by atoms with Crippen LogP contribution in [0.3, 0.4) is 0 Å². The van der Waals surface area contributed by atoms with Gasteiger partial charge < -0.3 is 5.32 Å². The van der Waals surface area contributed by atoms with Crippen LogP contribution in [-0.2, 0) is 6.54 Å². The summed E-state index contributed by atoms with van der Waals surface area (Å²) in [4.78, 5) is 5.61. The van der Waals surface area contributed by atoms with Crippen LogP contribution < -0.4 is 5.32 Å². The minimum Gasteiger partial charge on any atom is -0.303 e. The van der Waals surface area contributed by atoms with E-state index >= 15 is 0 Å². The van der Waals surface area contributed by atoms with Crippen molar-refractivity contribution in [2.45, 2.75) is 19.5 Å². The first kappa shape index (κ1) is 9.83. The largest absolute Gasteiger partial charge is 0.303 e. The molecular formula is C10H12N2S2. The third kappa shape index (κ3) is 2.41. The zero-order valence-corrected chi connectivity index (χ0v) is 9.57. The predicted molar refractivity (Wildman–Crippen MR) is 61.7 cm³/mol. The average molecular weight is 224 g/mol. The van der Waals surface area contributed by atoms with Crippen molar-refractivity contribution in [3.8, 4) is 0 Å². The Labute approximate surface area is 91.6 Å². The average Bonchev–Trinajstić information content (AvgIpc) is 2.87. The lowest BCUT2D eigenvalue weighted by Gasteiger charge is -2.09. The highest BCUT2D eigenvalue weighted by molar-refractivity contribution is 7.10. The van der Waals surface area contributed by atoms with Crippen molar-refractivity contribution in [2.75, 3.05) is 0 Å². The Kier molecular flexibility index (Phi) is 3.29. The molecule has 0 aliphatic heterocycles. The number of aromatic nitrogens is 1. The molecule has 0 saturated carbocycles. The van der Waals surface area contributed by atoms with Crippen molar-refractivity contribution >= 4 is 22.7 Å². The molecule has 0 unspecified atom stereocenters. The number of rotatable bonds is 4. The Hall–Kier alpha value is -0.710. The van der Waals surface area contributed by atoms with Gasteiger partial charge in [0.25, 0.3) is 0 Å². The molecule has 0 aliphatic rings. The van der Waals surface area contributed by atoms with Crippen LogP contribution in [0.5, 0.6) is 0 Å². The summed E-state index contributed by atoms with van der Waals surface area (Å²) < 4.78 is 0. The Morgan fingerprint density at radius 3 is 3.00 bits per heavy atom. The summed E-state index contributed by atoms with van der Waals surface area (Å²) in [5, 5.41) is 8.71. The molecule has 0 fully saturated rings. The van der Waals surface area contributed by atoms with Gasteiger partial charge >= 0.3 is 0 Å². The quantitative estimate of drug-likeness (QED) is 0.863. The molecule has 2 nitrogen and oxygen atoms in total. The van der Waals surface area contributed by atoms with Gasteiger partial charge in [0.2, 0.25) is 0 Å². The predicted octanol–water partition coefficient (Wildman–Crippen LogP) is 3.06. The van der Waals surface area contributed by atoms with Crippen LogP contribution in [-0.4, -0.2) is 4.98 Å². The topological polar surface area (TPSA) is 24.9 Å². The molecular weight excluding hydrogens is 212 g/mol. The zero-order chi connectivity index (χ0) is 9.80. The normalized spacial score (nSPS) is 12.9. The Balaban J connectivity index is 1.87. The molecule has 0 saturated heterocycles. The first-order valence-corrected chi connectivity index (χ1v) is 6.27. The van der Waals surface area contributed by atoms with E-state index in [1.807, 2.05) is 11.6 Å². The van der Waals surface area contributed by atoms with Gasteiger partial charge in [-0.15, -0.1) is 22.7 Å². The summed E-state index contributed by atoms with van der Waals surface area (Å²) in [5.41, 5.74) is 0. The summed E-state index contributed by atoms with van der Waals surface area (Å²) in [7, 11) is 0. The van der Waals surface area contributed by atoms with Crippen LogP contribution in [0, 0.1) is 0 Å². The fourth-order valence-corrected chi connectivity index (χ4v) is 2.54. The standard InChI is InChI=1S/C10H12N2S2/c1-8(9-3-2-5-13-9)12-7-10-11-4-6-14-10/h2-6,8,12H,7H2,1H3/t8-/m0/s1. The van der Waals surface area contributed by atoms with Gasteiger partial charge in [0.15, 0.2) is 0 Å². The van der Waals surface area contributed by atoms with Gasteiger partial charge in [0.1, 0.15) is 5.01 Å². The van der Waals surface area contributed by atoms with E-state index in [0.717, 1.165) is 11.6 Å². The number of nitrogens with one attached hydrogen (secondary N) is 1. The monoisotopic (exact) mass is 224 g/mol. The molecule has 0 aromatic carbocycles. The van der Waals surface area contributed by atoms with Crippen molar-refractivity contribution in [2.24, 2.45) is 0 Å². The Morgan fingerprint density at radius 2 is 2.36 bits per heavy atom. The van der Waals surface area contributed by atoms with Crippen LogP contribution in [0.4, 0.5) is 0 Å². The molecule has 1 atom stereocenters. The number of nitrogens with zero attached hydrogens (tertiary/aromatic N) is 1. The third-order valence-electron chi connectivity index (χ3n) is 2.01. The fraction of sp³-hybridized carbons (Fsp3) is 0.300. The minimum atomic E-state index is 0.416. The lowest BCUT2D eigenvalue weighted by molar-refractivity contribution is 0.581. The van der Waals surface area contributed by atoms with Crippen molar-refractivity contribution in [3.63, 3.8) is 0 Å². The highest BCUT2D eigenvalue weighted by Crippen LogP contribution is 2.18. The molecule has 0 radical (unpaired) electrons. The second-order valence-corrected chi connectivity index (χ2v) is 5.00. The van der Waals surface area contributed by atoms with Crippen molar-refractivity contribution in [1.29, 1.82) is 0 Å². The van der Waals surface area contributed by atoms with Crippen molar-refractivity contribution in [1.82, 2.24) is 10.3 Å². The molecule has 2 rings (SSSR count). The maximum Gasteiger partial charge on any atom is 0.106 e. The summed E-state index contributed by atoms with van der Waals surface area (Å²) in [6, 6.07) is 4.66. The number of hydrogen-bond donors (Lipinski definition) is 1. The van der Waals surface area contributed by atoms with E-state index in [1.165, 1.54) is 4.88 Å². The molecule has 0 spiro atoms. The smallest absolute Gasteiger partial charge is 0.106 e. The highest BCUT2D eigenvalue weighted by Gasteiger charge is 2.05. The Bertz CT molecular complexity index is 353. The van der Waals surface area contributed by atoms with E-state index in [2.05, 4.69) is 34.7 Å². The molecule has 1 N–H and O–H groups in total. The SMILES string of the molecule is C[C@H](NCc1nccs1)c1cccs1. The van der Waals surface area contributed by atoms with E-state index < -0.39 is 0 Å². The van der Waals surface area contributed by atoms with Gasteiger partial charge in [-0.1, -0.05) is 6.07 Å². The minimum absolute atomic E-state index is 0.416. The van der Waals surface area contributed by atoms with Gasteiger partial charge in [-0.2, -0.15) is 0 Å². The molecule has 2 aromatic rings. The number of hydrogen-bond acceptors (Lipinski definition) is 4. The van der Waals surface area contributed by atoms with Gasteiger partial charge in [-0.05, 0) is 18.4 Å². The van der Waals surface area contributed by atoms with E-state index in [1.54, 1.807) is 22.7 Å². The maximum atomic E-state index is 4.23. The van der Waals surface area contributed by atoms with Gasteiger partial charge in [0.05, 0.1) is 0 Å². The number of thiophene rings is 1. The Morgan fingerprint density at radius 1 is 1.43 bits per heavy atom. The van der Waals surface area contributed by atoms with Gasteiger partial charge in [0, 0.05) is 29.0 Å². The molecule has 14 heavy (non-hydrogen) atoms. The molecule has 4 heteroatoms. The lowest BCUT2D eigenvalue weighted by atomic mass is 10.3. The van der Waals surface area contributed by atoms with Crippen molar-refractivity contribution in [3.05, 3.63) is 39.0 Å². The van der Waals surface area contributed by atoms with Crippen LogP contribution in [0.15, 0.2) is 29.1 Å². The molecule has 2 heterocycles. The molecule has 0 bridgehead atoms. The summed E-state index contributed by atoms with van der Waals surface area (Å²) in [6.07, 6.45) is 1.84. The zero-order valence-electron chi connectivity index (χ0n) is 7.93. The molecule has 74 valence electrons. The summed E-state index contributed by atoms with van der Waals surface area (Å²) >= 11 is 3.48. The molecule has 2 aromatic heterocycles.